The van der Waals surface area contributed by atoms with Crippen LogP contribution in [0.25, 0.3) is 0 Å². The fourth-order valence-electron chi connectivity index (χ4n) is 7.44. The van der Waals surface area contributed by atoms with Crippen molar-refractivity contribution in [1.29, 1.82) is 5.26 Å². The van der Waals surface area contributed by atoms with Crippen LogP contribution in [0.1, 0.15) is 50.4 Å². The summed E-state index contributed by atoms with van der Waals surface area (Å²) in [5, 5.41) is 16.5. The second kappa shape index (κ2) is 17.9. The number of nitrogens with zero attached hydrogens (tertiary/aromatic N) is 6. The van der Waals surface area contributed by atoms with Crippen molar-refractivity contribution < 1.29 is 45.9 Å². The van der Waals surface area contributed by atoms with Crippen LogP contribution in [0.5, 0.6) is 5.75 Å². The van der Waals surface area contributed by atoms with Gasteiger partial charge in [0.1, 0.15) is 30.0 Å². The zero-order valence-corrected chi connectivity index (χ0v) is 34.2. The molecule has 0 radical (unpaired) electrons. The number of rotatable bonds is 13. The molecule has 3 saturated heterocycles. The zero-order chi connectivity index (χ0) is 44.4. The van der Waals surface area contributed by atoms with Crippen LogP contribution in [-0.4, -0.2) is 100 Å². The largest absolute Gasteiger partial charge is 0.492 e. The molecule has 1 aromatic heterocycles. The Labute approximate surface area is 353 Å². The van der Waals surface area contributed by atoms with E-state index in [0.29, 0.717) is 50.1 Å². The second-order valence-electron chi connectivity index (χ2n) is 15.1. The topological polar surface area (TPSA) is 163 Å². The Kier molecular flexibility index (Phi) is 13.1. The van der Waals surface area contributed by atoms with E-state index in [4.69, 9.17) is 17.0 Å². The highest BCUT2D eigenvalue weighted by Crippen LogP contribution is 2.40. The summed E-state index contributed by atoms with van der Waals surface area (Å²) in [4.78, 5) is 60.5. The number of alkyl halides is 3. The Morgan fingerprint density at radius 2 is 1.90 bits per heavy atom. The molecule has 61 heavy (non-hydrogen) atoms. The van der Waals surface area contributed by atoms with Gasteiger partial charge in [0, 0.05) is 56.1 Å². The average molecular weight is 868 g/mol. The third-order valence-corrected chi connectivity index (χ3v) is 11.0. The number of hydrogen-bond acceptors (Lipinski definition) is 11. The Hall–Kier alpha value is -6.04. The monoisotopic (exact) mass is 867 g/mol. The number of aromatic nitrogens is 1. The molecule has 0 bridgehead atoms. The van der Waals surface area contributed by atoms with Crippen LogP contribution >= 0.6 is 12.2 Å². The Morgan fingerprint density at radius 3 is 2.57 bits per heavy atom. The maximum absolute atomic E-state index is 14.7. The van der Waals surface area contributed by atoms with Crippen molar-refractivity contribution in [2.24, 2.45) is 0 Å². The number of nitrogens with one attached hydrogen (secondary N) is 3. The lowest BCUT2D eigenvalue weighted by Gasteiger charge is -2.39. The molecule has 3 aromatic rings. The summed E-state index contributed by atoms with van der Waals surface area (Å²) >= 11 is 5.67. The van der Waals surface area contributed by atoms with Gasteiger partial charge in [-0.2, -0.15) is 18.4 Å². The van der Waals surface area contributed by atoms with Crippen molar-refractivity contribution in [1.82, 2.24) is 20.1 Å². The van der Waals surface area contributed by atoms with Gasteiger partial charge < -0.3 is 20.3 Å². The number of piperazine rings is 1. The number of hydrogen-bond donors (Lipinski definition) is 3. The molecule has 0 saturated carbocycles. The maximum atomic E-state index is 14.7. The SMILES string of the molecule is C=C[C@@H]1CN(CCOc2ccc(N3C(=S)N(c4cnc(C#N)c(C(F)(F)F)c4)C(=O)C3(C)C)cc2CC)CCN1CC(=O)Nc1cc(NC2CCC(=O)NC2=O)cc(F)c1F. The predicted molar refractivity (Wildman–Crippen MR) is 219 cm³/mol. The average Bonchev–Trinajstić information content (AvgIpc) is 3.39. The lowest BCUT2D eigenvalue weighted by Crippen LogP contribution is -2.54. The van der Waals surface area contributed by atoms with Crippen LogP contribution in [0.2, 0.25) is 0 Å². The van der Waals surface area contributed by atoms with E-state index in [0.717, 1.165) is 22.7 Å². The van der Waals surface area contributed by atoms with E-state index in [2.05, 4.69) is 32.4 Å². The molecule has 14 nitrogen and oxygen atoms in total. The van der Waals surface area contributed by atoms with E-state index in [1.165, 1.54) is 12.1 Å². The maximum Gasteiger partial charge on any atom is 0.419 e. The molecule has 3 aliphatic heterocycles. The molecule has 4 amide bonds. The van der Waals surface area contributed by atoms with Crippen LogP contribution in [0.3, 0.4) is 0 Å². The number of thiocarbonyl (C=S) groups is 1. The van der Waals surface area contributed by atoms with Crippen molar-refractivity contribution >= 4 is 63.7 Å². The first-order chi connectivity index (χ1) is 28.9. The number of aryl methyl sites for hydroxylation is 1. The number of ether oxygens (including phenoxy) is 1. The fourth-order valence-corrected chi connectivity index (χ4v) is 7.97. The second-order valence-corrected chi connectivity index (χ2v) is 15.5. The highest BCUT2D eigenvalue weighted by Gasteiger charge is 2.51. The summed E-state index contributed by atoms with van der Waals surface area (Å²) in [7, 11) is 0. The zero-order valence-electron chi connectivity index (χ0n) is 33.4. The highest BCUT2D eigenvalue weighted by molar-refractivity contribution is 7.81. The molecule has 2 atom stereocenters. The normalized spacial score (nSPS) is 19.7. The van der Waals surface area contributed by atoms with E-state index in [1.54, 1.807) is 43.0 Å². The van der Waals surface area contributed by atoms with E-state index in [1.807, 2.05) is 11.8 Å². The summed E-state index contributed by atoms with van der Waals surface area (Å²) in [6.45, 7) is 11.2. The molecule has 1 unspecified atom stereocenters. The van der Waals surface area contributed by atoms with E-state index in [-0.39, 0.29) is 48.5 Å². The molecule has 20 heteroatoms. The molecule has 3 aliphatic rings. The summed E-state index contributed by atoms with van der Waals surface area (Å²) in [6.07, 6.45) is -1.39. The molecule has 4 heterocycles. The number of imide groups is 1. The van der Waals surface area contributed by atoms with Crippen LogP contribution < -0.4 is 30.5 Å². The first-order valence-electron chi connectivity index (χ1n) is 19.3. The predicted octanol–water partition coefficient (Wildman–Crippen LogP) is 5.14. The quantitative estimate of drug-likeness (QED) is 0.0900. The van der Waals surface area contributed by atoms with Gasteiger partial charge in [-0.05, 0) is 74.8 Å². The number of piperidine rings is 1. The van der Waals surface area contributed by atoms with Gasteiger partial charge in [-0.1, -0.05) is 13.0 Å². The Balaban J connectivity index is 1.04. The summed E-state index contributed by atoms with van der Waals surface area (Å²) in [6, 6.07) is 8.33. The van der Waals surface area contributed by atoms with Crippen LogP contribution in [0.15, 0.2) is 55.3 Å². The number of nitriles is 1. The summed E-state index contributed by atoms with van der Waals surface area (Å²) < 4.78 is 76.7. The molecule has 0 spiro atoms. The Bertz CT molecular complexity index is 2320. The van der Waals surface area contributed by atoms with Gasteiger partial charge in [0.2, 0.25) is 17.7 Å². The molecule has 322 valence electrons. The molecule has 2 aromatic carbocycles. The minimum absolute atomic E-state index is 0.0562. The number of carbonyl (C=O) groups is 4. The van der Waals surface area contributed by atoms with Gasteiger partial charge in [-0.25, -0.2) is 13.8 Å². The van der Waals surface area contributed by atoms with Crippen molar-refractivity contribution in [2.75, 3.05) is 59.8 Å². The van der Waals surface area contributed by atoms with E-state index in [9.17, 15) is 46.4 Å². The van der Waals surface area contributed by atoms with Gasteiger partial charge in [-0.3, -0.25) is 39.2 Å². The standard InChI is InChI=1S/C41H42F5N9O5S/c1-5-23-15-26(55-39(61)54(38(59)40(55,3)4)27-18-28(41(44,45)46)32(19-47)48-20-27)7-9-33(23)60-14-13-52-11-12-53(25(6-2)21-52)22-35(57)50-31-17-24(16-29(42)36(31)43)49-30-8-10-34(56)51-37(30)58/h6-7,9,15-18,20,25,30,49H,2,5,8,10-14,21-22H2,1,3-4H3,(H,50,57)(H,51,56,58)/t25-,30?/m1/s1. The minimum atomic E-state index is -4.89. The van der Waals surface area contributed by atoms with Crippen molar-refractivity contribution in [3.8, 4) is 11.8 Å². The van der Waals surface area contributed by atoms with E-state index < -0.39 is 70.0 Å². The third-order valence-electron chi connectivity index (χ3n) is 10.7. The molecule has 3 N–H and O–H groups in total. The molecular formula is C41H42F5N9O5S. The van der Waals surface area contributed by atoms with Crippen LogP contribution in [-0.2, 0) is 31.8 Å². The van der Waals surface area contributed by atoms with Crippen LogP contribution in [0.4, 0.5) is 44.7 Å². The van der Waals surface area contributed by atoms with Gasteiger partial charge >= 0.3 is 6.18 Å². The minimum Gasteiger partial charge on any atom is -0.492 e. The van der Waals surface area contributed by atoms with E-state index >= 15 is 0 Å². The molecule has 3 fully saturated rings. The summed E-state index contributed by atoms with van der Waals surface area (Å²) in [5.74, 6) is -4.09. The molecule has 0 aliphatic carbocycles. The van der Waals surface area contributed by atoms with Crippen LogP contribution in [0, 0.1) is 23.0 Å². The fraction of sp³-hybridized carbons (Fsp3) is 0.390. The third kappa shape index (κ3) is 9.48. The number of carbonyl (C=O) groups excluding carboxylic acids is 4. The Morgan fingerprint density at radius 1 is 1.15 bits per heavy atom. The van der Waals surface area contributed by atoms with Crippen molar-refractivity contribution in [3.63, 3.8) is 0 Å². The number of pyridine rings is 1. The van der Waals surface area contributed by atoms with Gasteiger partial charge in [0.25, 0.3) is 5.91 Å². The number of benzene rings is 2. The highest BCUT2D eigenvalue weighted by atomic mass is 32.1. The lowest BCUT2D eigenvalue weighted by molar-refractivity contribution is -0.138. The first-order valence-corrected chi connectivity index (χ1v) is 19.7. The lowest BCUT2D eigenvalue weighted by atomic mass is 10.0. The summed E-state index contributed by atoms with van der Waals surface area (Å²) in [5.41, 5.74) is -2.66. The molecule has 6 rings (SSSR count). The van der Waals surface area contributed by atoms with Crippen molar-refractivity contribution in [2.45, 2.75) is 63.8 Å². The molecular weight excluding hydrogens is 826 g/mol. The number of amides is 4. The van der Waals surface area contributed by atoms with Gasteiger partial charge in [-0.15, -0.1) is 6.58 Å². The number of anilines is 4. The smallest absolute Gasteiger partial charge is 0.419 e. The van der Waals surface area contributed by atoms with Crippen molar-refractivity contribution in [3.05, 3.63) is 83.7 Å². The first kappa shape index (κ1) is 44.5. The van der Waals surface area contributed by atoms with Gasteiger partial charge in [0.05, 0.1) is 29.7 Å². The van der Waals surface area contributed by atoms with Gasteiger partial charge in [0.15, 0.2) is 22.4 Å². The number of halogens is 5.